The molecule has 0 atom stereocenters. The van der Waals surface area contributed by atoms with Crippen LogP contribution in [0.4, 0.5) is 0 Å². The molecule has 2 heteroatoms. The molecule has 0 aliphatic carbocycles. The van der Waals surface area contributed by atoms with E-state index in [0.29, 0.717) is 0 Å². The summed E-state index contributed by atoms with van der Waals surface area (Å²) in [5, 5.41) is 2.67. The van der Waals surface area contributed by atoms with E-state index in [1.54, 1.807) is 0 Å². The third-order valence-electron chi connectivity index (χ3n) is 5.94. The number of fused-ring (bicyclic) bond motifs is 3. The molecule has 0 fully saturated rings. The van der Waals surface area contributed by atoms with Crippen molar-refractivity contribution in [2.45, 2.75) is 90.4 Å². The number of aromatic amines is 1. The lowest BCUT2D eigenvalue weighted by Crippen LogP contribution is -1.87. The molecule has 1 nitrogen and oxygen atoms in total. The first-order chi connectivity index (χ1) is 13.8. The molecule has 1 aromatic heterocycles. The Morgan fingerprint density at radius 2 is 1.18 bits per heavy atom. The molecular formula is C26H36BrN. The van der Waals surface area contributed by atoms with Crippen LogP contribution >= 0.6 is 15.9 Å². The van der Waals surface area contributed by atoms with Crippen LogP contribution in [-0.4, -0.2) is 4.98 Å². The van der Waals surface area contributed by atoms with Crippen LogP contribution in [0.15, 0.2) is 40.9 Å². The number of rotatable bonds is 13. The second-order valence-electron chi connectivity index (χ2n) is 8.33. The van der Waals surface area contributed by atoms with E-state index < -0.39 is 0 Å². The predicted octanol–water partition coefficient (Wildman–Crippen LogP) is 9.33. The number of nitrogens with one attached hydrogen (secondary N) is 1. The molecule has 0 spiro atoms. The van der Waals surface area contributed by atoms with Crippen LogP contribution in [0.25, 0.3) is 21.8 Å². The van der Waals surface area contributed by atoms with Crippen molar-refractivity contribution in [1.29, 1.82) is 0 Å². The lowest BCUT2D eigenvalue weighted by Gasteiger charge is -2.04. The van der Waals surface area contributed by atoms with Gasteiger partial charge in [0.15, 0.2) is 0 Å². The summed E-state index contributed by atoms with van der Waals surface area (Å²) in [5.74, 6) is 0. The minimum Gasteiger partial charge on any atom is -0.355 e. The van der Waals surface area contributed by atoms with Crippen molar-refractivity contribution in [3.8, 4) is 0 Å². The predicted molar refractivity (Wildman–Crippen MR) is 128 cm³/mol. The van der Waals surface area contributed by atoms with E-state index in [2.05, 4.69) is 64.2 Å². The van der Waals surface area contributed by atoms with Gasteiger partial charge in [-0.05, 0) is 48.7 Å². The molecule has 1 heterocycles. The maximum absolute atomic E-state index is 3.60. The van der Waals surface area contributed by atoms with Gasteiger partial charge in [-0.25, -0.2) is 0 Å². The van der Waals surface area contributed by atoms with Crippen molar-refractivity contribution < 1.29 is 0 Å². The smallest absolute Gasteiger partial charge is 0.0465 e. The van der Waals surface area contributed by atoms with Crippen LogP contribution < -0.4 is 0 Å². The number of unbranched alkanes of at least 4 members (excludes halogenated alkanes) is 11. The molecule has 152 valence electrons. The SMILES string of the molecule is CCCCCCCCCCCCCCc1ccc2[nH]c3ccc(Br)cc3c2c1. The van der Waals surface area contributed by atoms with Crippen molar-refractivity contribution in [2.75, 3.05) is 0 Å². The first-order valence-corrected chi connectivity index (χ1v) is 12.3. The molecule has 0 bridgehead atoms. The van der Waals surface area contributed by atoms with Gasteiger partial charge in [0.2, 0.25) is 0 Å². The summed E-state index contributed by atoms with van der Waals surface area (Å²) in [4.78, 5) is 3.53. The fourth-order valence-electron chi connectivity index (χ4n) is 4.24. The summed E-state index contributed by atoms with van der Waals surface area (Å²) in [6.45, 7) is 2.29. The Balaban J connectivity index is 1.33. The van der Waals surface area contributed by atoms with Gasteiger partial charge in [-0.2, -0.15) is 0 Å². The molecular weight excluding hydrogens is 406 g/mol. The Kier molecular flexibility index (Phi) is 8.92. The van der Waals surface area contributed by atoms with Gasteiger partial charge in [-0.1, -0.05) is 99.5 Å². The highest BCUT2D eigenvalue weighted by atomic mass is 79.9. The number of aryl methyl sites for hydroxylation is 1. The summed E-state index contributed by atoms with van der Waals surface area (Å²) in [7, 11) is 0. The molecule has 3 rings (SSSR count). The van der Waals surface area contributed by atoms with Crippen LogP contribution in [0.2, 0.25) is 0 Å². The van der Waals surface area contributed by atoms with E-state index in [-0.39, 0.29) is 0 Å². The average Bonchev–Trinajstić information content (AvgIpc) is 3.06. The highest BCUT2D eigenvalue weighted by Gasteiger charge is 2.06. The molecule has 3 aromatic rings. The van der Waals surface area contributed by atoms with Crippen molar-refractivity contribution in [3.63, 3.8) is 0 Å². The zero-order valence-corrected chi connectivity index (χ0v) is 19.1. The molecule has 0 radical (unpaired) electrons. The summed E-state index contributed by atoms with van der Waals surface area (Å²) < 4.78 is 1.15. The second-order valence-corrected chi connectivity index (χ2v) is 9.25. The zero-order valence-electron chi connectivity index (χ0n) is 17.5. The molecule has 0 aliphatic rings. The Morgan fingerprint density at radius 1 is 0.643 bits per heavy atom. The van der Waals surface area contributed by atoms with E-state index in [1.165, 1.54) is 111 Å². The maximum Gasteiger partial charge on any atom is 0.0465 e. The van der Waals surface area contributed by atoms with Gasteiger partial charge in [-0.15, -0.1) is 0 Å². The topological polar surface area (TPSA) is 15.8 Å². The molecule has 2 aromatic carbocycles. The van der Waals surface area contributed by atoms with E-state index in [0.717, 1.165) is 4.47 Å². The molecule has 0 saturated carbocycles. The summed E-state index contributed by atoms with van der Waals surface area (Å²) >= 11 is 3.60. The number of H-pyrrole nitrogens is 1. The Hall–Kier alpha value is -1.28. The quantitative estimate of drug-likeness (QED) is 0.254. The highest BCUT2D eigenvalue weighted by Crippen LogP contribution is 2.29. The van der Waals surface area contributed by atoms with Gasteiger partial charge in [0.25, 0.3) is 0 Å². The number of benzene rings is 2. The minimum absolute atomic E-state index is 1.15. The third-order valence-corrected chi connectivity index (χ3v) is 6.44. The molecule has 1 N–H and O–H groups in total. The van der Waals surface area contributed by atoms with Gasteiger partial charge in [0.1, 0.15) is 0 Å². The first kappa shape index (κ1) is 21.4. The lowest BCUT2D eigenvalue weighted by molar-refractivity contribution is 0.544. The van der Waals surface area contributed by atoms with Crippen LogP contribution in [0, 0.1) is 0 Å². The van der Waals surface area contributed by atoms with Gasteiger partial charge in [0.05, 0.1) is 0 Å². The van der Waals surface area contributed by atoms with Gasteiger partial charge in [0, 0.05) is 26.3 Å². The molecule has 0 aliphatic heterocycles. The monoisotopic (exact) mass is 441 g/mol. The Labute approximate surface area is 179 Å². The lowest BCUT2D eigenvalue weighted by atomic mass is 10.0. The fourth-order valence-corrected chi connectivity index (χ4v) is 4.60. The Bertz CT molecular complexity index is 848. The number of halogens is 1. The zero-order chi connectivity index (χ0) is 19.6. The van der Waals surface area contributed by atoms with Crippen molar-refractivity contribution in [1.82, 2.24) is 4.98 Å². The van der Waals surface area contributed by atoms with Crippen LogP contribution in [0.5, 0.6) is 0 Å². The van der Waals surface area contributed by atoms with Crippen LogP contribution in [0.3, 0.4) is 0 Å². The first-order valence-electron chi connectivity index (χ1n) is 11.5. The van der Waals surface area contributed by atoms with Gasteiger partial charge >= 0.3 is 0 Å². The minimum atomic E-state index is 1.15. The largest absolute Gasteiger partial charge is 0.355 e. The summed E-state index contributed by atoms with van der Waals surface area (Å²) in [6.07, 6.45) is 18.2. The van der Waals surface area contributed by atoms with E-state index in [9.17, 15) is 0 Å². The number of hydrogen-bond acceptors (Lipinski definition) is 0. The summed E-state index contributed by atoms with van der Waals surface area (Å²) in [6, 6.07) is 13.4. The van der Waals surface area contributed by atoms with Gasteiger partial charge in [-0.3, -0.25) is 0 Å². The maximum atomic E-state index is 3.60. The number of aromatic nitrogens is 1. The van der Waals surface area contributed by atoms with E-state index in [4.69, 9.17) is 0 Å². The summed E-state index contributed by atoms with van der Waals surface area (Å²) in [5.41, 5.74) is 3.94. The Morgan fingerprint density at radius 3 is 1.82 bits per heavy atom. The molecule has 0 amide bonds. The van der Waals surface area contributed by atoms with Crippen molar-refractivity contribution >= 4 is 37.7 Å². The second kappa shape index (κ2) is 11.7. The molecule has 28 heavy (non-hydrogen) atoms. The van der Waals surface area contributed by atoms with Crippen molar-refractivity contribution in [3.05, 3.63) is 46.4 Å². The van der Waals surface area contributed by atoms with Crippen molar-refractivity contribution in [2.24, 2.45) is 0 Å². The molecule has 0 saturated heterocycles. The molecule has 0 unspecified atom stereocenters. The highest BCUT2D eigenvalue weighted by molar-refractivity contribution is 9.10. The third kappa shape index (κ3) is 6.37. The standard InChI is InChI=1S/C26H36BrN/c1-2-3-4-5-6-7-8-9-10-11-12-13-14-21-15-17-25-23(19-21)24-20-22(27)16-18-26(24)28-25/h15-20,28H,2-14H2,1H3. The van der Waals surface area contributed by atoms with Crippen LogP contribution in [0.1, 0.15) is 89.5 Å². The van der Waals surface area contributed by atoms with E-state index in [1.807, 2.05) is 0 Å². The van der Waals surface area contributed by atoms with Gasteiger partial charge < -0.3 is 4.98 Å². The normalized spacial score (nSPS) is 11.6. The average molecular weight is 442 g/mol. The van der Waals surface area contributed by atoms with Crippen LogP contribution in [-0.2, 0) is 6.42 Å². The number of hydrogen-bond donors (Lipinski definition) is 1. The fraction of sp³-hybridized carbons (Fsp3) is 0.538. The van der Waals surface area contributed by atoms with E-state index >= 15 is 0 Å².